The van der Waals surface area contributed by atoms with Gasteiger partial charge in [0.15, 0.2) is 0 Å². The van der Waals surface area contributed by atoms with Crippen LogP contribution < -0.4 is 5.32 Å². The van der Waals surface area contributed by atoms with Crippen molar-refractivity contribution in [1.82, 2.24) is 15.1 Å². The fraction of sp³-hybridized carbons (Fsp3) is 0.588. The van der Waals surface area contributed by atoms with Crippen molar-refractivity contribution in [3.8, 4) is 0 Å². The number of carbonyl (C=O) groups excluding carboxylic acids is 4. The predicted octanol–water partition coefficient (Wildman–Crippen LogP) is 3.44. The molecule has 7 atom stereocenters. The van der Waals surface area contributed by atoms with Gasteiger partial charge in [-0.2, -0.15) is 0 Å². The highest BCUT2D eigenvalue weighted by Crippen LogP contribution is 2.60. The lowest BCUT2D eigenvalue weighted by atomic mass is 9.70. The first-order valence-corrected chi connectivity index (χ1v) is 17.0. The molecular formula is C34H44BrN3O7. The molecule has 244 valence electrons. The molecule has 0 radical (unpaired) electrons. The molecule has 0 aromatic heterocycles. The number of benzene rings is 1. The van der Waals surface area contributed by atoms with Crippen LogP contribution in [0, 0.1) is 11.8 Å². The molecule has 5 rings (SSSR count). The molecule has 11 heteroatoms. The number of hydrogen-bond donors (Lipinski definition) is 2. The first-order valence-electron chi connectivity index (χ1n) is 16.0. The molecule has 1 aliphatic carbocycles. The van der Waals surface area contributed by atoms with Gasteiger partial charge in [0.1, 0.15) is 17.7 Å². The van der Waals surface area contributed by atoms with Crippen molar-refractivity contribution in [3.05, 3.63) is 61.2 Å². The molecule has 4 fully saturated rings. The van der Waals surface area contributed by atoms with Gasteiger partial charge in [-0.15, -0.1) is 13.2 Å². The van der Waals surface area contributed by atoms with Crippen LogP contribution in [0.15, 0.2) is 55.6 Å². The minimum atomic E-state index is -1.25. The van der Waals surface area contributed by atoms with Gasteiger partial charge in [0.05, 0.1) is 31.1 Å². The molecule has 3 aliphatic heterocycles. The van der Waals surface area contributed by atoms with Crippen LogP contribution in [-0.2, 0) is 28.7 Å². The third-order valence-electron chi connectivity index (χ3n) is 9.75. The Morgan fingerprint density at radius 3 is 2.58 bits per heavy atom. The van der Waals surface area contributed by atoms with Gasteiger partial charge in [-0.25, -0.2) is 0 Å². The highest BCUT2D eigenvalue weighted by Gasteiger charge is 2.77. The highest BCUT2D eigenvalue weighted by molar-refractivity contribution is 9.09. The van der Waals surface area contributed by atoms with E-state index in [4.69, 9.17) is 9.47 Å². The zero-order chi connectivity index (χ0) is 32.1. The van der Waals surface area contributed by atoms with E-state index in [1.807, 2.05) is 35.2 Å². The first kappa shape index (κ1) is 33.3. The second kappa shape index (κ2) is 14.6. The number of nitrogens with one attached hydrogen (secondary N) is 1. The Bertz CT molecular complexity index is 1270. The molecule has 1 aromatic rings. The number of allylic oxidation sites excluding steroid dienone is 1. The van der Waals surface area contributed by atoms with E-state index < -0.39 is 41.7 Å². The van der Waals surface area contributed by atoms with E-state index in [2.05, 4.69) is 34.4 Å². The Balaban J connectivity index is 1.43. The number of fused-ring (bicyclic) bond motifs is 1. The average Bonchev–Trinajstić information content (AvgIpc) is 3.64. The second-order valence-electron chi connectivity index (χ2n) is 12.5. The number of ether oxygens (including phenoxy) is 2. The third kappa shape index (κ3) is 6.49. The molecule has 3 saturated heterocycles. The quantitative estimate of drug-likeness (QED) is 0.175. The summed E-state index contributed by atoms with van der Waals surface area (Å²) in [7, 11) is 0. The fourth-order valence-corrected chi connectivity index (χ4v) is 8.72. The van der Waals surface area contributed by atoms with E-state index in [-0.39, 0.29) is 54.7 Å². The summed E-state index contributed by atoms with van der Waals surface area (Å²) in [4.78, 5) is 58.1. The number of amides is 3. The Labute approximate surface area is 273 Å². The molecule has 4 aliphatic rings. The number of aliphatic hydroxyl groups excluding tert-OH is 1. The van der Waals surface area contributed by atoms with Gasteiger partial charge in [0.25, 0.3) is 0 Å². The van der Waals surface area contributed by atoms with Gasteiger partial charge in [-0.3, -0.25) is 19.2 Å². The zero-order valence-corrected chi connectivity index (χ0v) is 27.2. The van der Waals surface area contributed by atoms with Crippen molar-refractivity contribution in [1.29, 1.82) is 0 Å². The van der Waals surface area contributed by atoms with Crippen LogP contribution in [0.4, 0.5) is 0 Å². The summed E-state index contributed by atoms with van der Waals surface area (Å²) in [6, 6.07) is 8.17. The highest BCUT2D eigenvalue weighted by atomic mass is 79.9. The van der Waals surface area contributed by atoms with E-state index in [1.54, 1.807) is 12.2 Å². The maximum atomic E-state index is 14.5. The van der Waals surface area contributed by atoms with Crippen molar-refractivity contribution in [3.63, 3.8) is 0 Å². The van der Waals surface area contributed by atoms with E-state index in [0.717, 1.165) is 32.1 Å². The molecule has 1 spiro atoms. The topological polar surface area (TPSA) is 125 Å². The minimum Gasteiger partial charge on any atom is -0.455 e. The molecular weight excluding hydrogens is 642 g/mol. The van der Waals surface area contributed by atoms with E-state index in [1.165, 1.54) is 4.90 Å². The normalized spacial score (nSPS) is 29.6. The summed E-state index contributed by atoms with van der Waals surface area (Å²) in [6.45, 7) is 7.55. The predicted molar refractivity (Wildman–Crippen MR) is 171 cm³/mol. The van der Waals surface area contributed by atoms with Crippen molar-refractivity contribution in [2.75, 3.05) is 26.2 Å². The molecule has 3 heterocycles. The van der Waals surface area contributed by atoms with E-state index in [0.29, 0.717) is 24.9 Å². The summed E-state index contributed by atoms with van der Waals surface area (Å²) in [5.41, 5.74) is -0.550. The SMILES string of the molecule is C=CCCC(=O)NC[C@H](OC(=O)[C@@H]1[C@H]2O[C@@]3(CC2Br)[C@H](C(=O)N(CC=C)C2CCCCC2)N(CCO)C(=O)[C@@H]13)c1ccccc1. The lowest BCUT2D eigenvalue weighted by Gasteiger charge is -2.40. The van der Waals surface area contributed by atoms with Gasteiger partial charge < -0.3 is 29.7 Å². The number of esters is 1. The number of nitrogens with zero attached hydrogens (tertiary/aromatic N) is 2. The number of aliphatic hydroxyl groups is 1. The molecule has 2 N–H and O–H groups in total. The van der Waals surface area contributed by atoms with Crippen LogP contribution in [0.3, 0.4) is 0 Å². The average molecular weight is 687 g/mol. The fourth-order valence-electron chi connectivity index (χ4n) is 7.78. The lowest BCUT2D eigenvalue weighted by molar-refractivity contribution is -0.160. The van der Waals surface area contributed by atoms with Gasteiger partial charge in [0.2, 0.25) is 17.7 Å². The van der Waals surface area contributed by atoms with E-state index in [9.17, 15) is 24.3 Å². The number of rotatable bonds is 14. The van der Waals surface area contributed by atoms with Crippen LogP contribution in [0.2, 0.25) is 0 Å². The number of carbonyl (C=O) groups is 4. The monoisotopic (exact) mass is 685 g/mol. The largest absolute Gasteiger partial charge is 0.455 e. The Kier molecular flexibility index (Phi) is 10.8. The van der Waals surface area contributed by atoms with Crippen molar-refractivity contribution < 1.29 is 33.8 Å². The maximum Gasteiger partial charge on any atom is 0.313 e. The van der Waals surface area contributed by atoms with Crippen LogP contribution >= 0.6 is 15.9 Å². The molecule has 1 unspecified atom stereocenters. The second-order valence-corrected chi connectivity index (χ2v) is 13.6. The van der Waals surface area contributed by atoms with Crippen LogP contribution in [0.25, 0.3) is 0 Å². The van der Waals surface area contributed by atoms with Gasteiger partial charge in [0, 0.05) is 30.4 Å². The maximum absolute atomic E-state index is 14.5. The summed E-state index contributed by atoms with van der Waals surface area (Å²) in [6.07, 6.45) is 7.97. The summed E-state index contributed by atoms with van der Waals surface area (Å²) >= 11 is 3.70. The molecule has 1 aromatic carbocycles. The smallest absolute Gasteiger partial charge is 0.313 e. The molecule has 1 saturated carbocycles. The number of likely N-dealkylation sites (tertiary alicyclic amines) is 1. The lowest BCUT2D eigenvalue weighted by Crippen LogP contribution is -2.59. The Morgan fingerprint density at radius 2 is 1.91 bits per heavy atom. The molecule has 3 amide bonds. The molecule has 45 heavy (non-hydrogen) atoms. The zero-order valence-electron chi connectivity index (χ0n) is 25.7. The Morgan fingerprint density at radius 1 is 1.18 bits per heavy atom. The number of β-amino-alcohol motifs (C(OH)–C–C–N with tert-alkyl or cyclic N) is 1. The number of hydrogen-bond acceptors (Lipinski definition) is 7. The summed E-state index contributed by atoms with van der Waals surface area (Å²) < 4.78 is 12.7. The Hall–Kier alpha value is -3.02. The standard InChI is InChI=1S/C34H44BrN3O7/c1-3-5-16-26(40)36-21-25(22-12-8-6-9-13-22)44-33(43)27-28-31(41)38(18-19-39)30(34(28)20-24(35)29(27)45-34)32(42)37(17-4-2)23-14-10-7-11-15-23/h3-4,6,8-9,12-13,23-25,27-30,39H,1-2,5,7,10-11,14-21H2,(H,36,40)/t24?,25-,27-,28+,29-,30-,34+/m0/s1. The molecule has 10 nitrogen and oxygen atoms in total. The van der Waals surface area contributed by atoms with Gasteiger partial charge >= 0.3 is 5.97 Å². The third-order valence-corrected chi connectivity index (χ3v) is 10.6. The summed E-state index contributed by atoms with van der Waals surface area (Å²) in [5, 5.41) is 12.8. The van der Waals surface area contributed by atoms with E-state index >= 15 is 0 Å². The van der Waals surface area contributed by atoms with Crippen molar-refractivity contribution in [2.24, 2.45) is 11.8 Å². The van der Waals surface area contributed by atoms with Crippen molar-refractivity contribution >= 4 is 39.6 Å². The van der Waals surface area contributed by atoms with Crippen molar-refractivity contribution in [2.45, 2.75) is 86.1 Å². The summed E-state index contributed by atoms with van der Waals surface area (Å²) in [5.74, 6) is -3.35. The van der Waals surface area contributed by atoms with Crippen LogP contribution in [0.5, 0.6) is 0 Å². The van der Waals surface area contributed by atoms with Gasteiger partial charge in [-0.1, -0.05) is 77.7 Å². The van der Waals surface area contributed by atoms with Crippen LogP contribution in [0.1, 0.15) is 63.0 Å². The minimum absolute atomic E-state index is 0.0261. The van der Waals surface area contributed by atoms with Crippen LogP contribution in [-0.4, -0.2) is 93.5 Å². The first-order chi connectivity index (χ1) is 21.8. The van der Waals surface area contributed by atoms with Gasteiger partial charge in [-0.05, 0) is 31.2 Å². The number of alkyl halides is 1. The number of halogens is 1. The molecule has 2 bridgehead atoms.